The second kappa shape index (κ2) is 7.60. The highest BCUT2D eigenvalue weighted by atomic mass is 16.5. The SMILES string of the molecule is N#Cc1cccc(NC(=O)COC(=O)Cc2ccccc2)c1. The molecule has 22 heavy (non-hydrogen) atoms. The fourth-order valence-corrected chi connectivity index (χ4v) is 1.82. The van der Waals surface area contributed by atoms with E-state index in [1.807, 2.05) is 36.4 Å². The summed E-state index contributed by atoms with van der Waals surface area (Å²) in [5.74, 6) is -0.913. The highest BCUT2D eigenvalue weighted by molar-refractivity contribution is 5.93. The van der Waals surface area contributed by atoms with Gasteiger partial charge in [0.25, 0.3) is 5.91 Å². The van der Waals surface area contributed by atoms with Crippen molar-refractivity contribution >= 4 is 17.6 Å². The Hall–Kier alpha value is -3.13. The van der Waals surface area contributed by atoms with Gasteiger partial charge in [-0.15, -0.1) is 0 Å². The summed E-state index contributed by atoms with van der Waals surface area (Å²) in [6.45, 7) is -0.359. The van der Waals surface area contributed by atoms with Crippen molar-refractivity contribution in [2.24, 2.45) is 0 Å². The number of esters is 1. The summed E-state index contributed by atoms with van der Waals surface area (Å²) >= 11 is 0. The lowest BCUT2D eigenvalue weighted by molar-refractivity contribution is -0.146. The van der Waals surface area contributed by atoms with Gasteiger partial charge in [-0.25, -0.2) is 0 Å². The lowest BCUT2D eigenvalue weighted by Gasteiger charge is -2.07. The van der Waals surface area contributed by atoms with Gasteiger partial charge in [0.15, 0.2) is 6.61 Å². The Balaban J connectivity index is 1.80. The number of ether oxygens (including phenoxy) is 1. The zero-order chi connectivity index (χ0) is 15.8. The molecule has 5 heteroatoms. The third-order valence-electron chi connectivity index (χ3n) is 2.83. The summed E-state index contributed by atoms with van der Waals surface area (Å²) in [6.07, 6.45) is 0.123. The molecule has 2 rings (SSSR count). The highest BCUT2D eigenvalue weighted by Gasteiger charge is 2.09. The first-order valence-corrected chi connectivity index (χ1v) is 6.67. The normalized spacial score (nSPS) is 9.59. The molecule has 0 bridgehead atoms. The summed E-state index contributed by atoms with van der Waals surface area (Å²) in [6, 6.07) is 17.6. The number of hydrogen-bond acceptors (Lipinski definition) is 4. The first-order valence-electron chi connectivity index (χ1n) is 6.67. The van der Waals surface area contributed by atoms with Gasteiger partial charge in [-0.1, -0.05) is 36.4 Å². The number of anilines is 1. The molecule has 0 aliphatic heterocycles. The van der Waals surface area contributed by atoms with Crippen LogP contribution in [0.4, 0.5) is 5.69 Å². The summed E-state index contributed by atoms with van der Waals surface area (Å²) in [7, 11) is 0. The molecule has 0 heterocycles. The standard InChI is InChI=1S/C17H14N2O3/c18-11-14-7-4-8-15(9-14)19-16(20)12-22-17(21)10-13-5-2-1-3-6-13/h1-9H,10,12H2,(H,19,20). The number of nitrogens with zero attached hydrogens (tertiary/aromatic N) is 1. The van der Waals surface area contributed by atoms with E-state index >= 15 is 0 Å². The Kier molecular flexibility index (Phi) is 5.27. The molecule has 0 saturated carbocycles. The molecule has 0 aromatic heterocycles. The predicted octanol–water partition coefficient (Wildman–Crippen LogP) is 2.28. The molecule has 1 N–H and O–H groups in total. The highest BCUT2D eigenvalue weighted by Crippen LogP contribution is 2.09. The minimum atomic E-state index is -0.466. The van der Waals surface area contributed by atoms with Crippen molar-refractivity contribution in [1.29, 1.82) is 5.26 Å². The molecule has 1 amide bonds. The fourth-order valence-electron chi connectivity index (χ4n) is 1.82. The van der Waals surface area contributed by atoms with Gasteiger partial charge >= 0.3 is 5.97 Å². The Bertz CT molecular complexity index is 705. The second-order valence-electron chi connectivity index (χ2n) is 4.56. The smallest absolute Gasteiger partial charge is 0.310 e. The molecule has 2 aromatic carbocycles. The number of nitrogens with one attached hydrogen (secondary N) is 1. The zero-order valence-electron chi connectivity index (χ0n) is 11.8. The van der Waals surface area contributed by atoms with E-state index in [9.17, 15) is 9.59 Å². The van der Waals surface area contributed by atoms with Crippen molar-refractivity contribution in [3.63, 3.8) is 0 Å². The first-order chi connectivity index (χ1) is 10.7. The van der Waals surface area contributed by atoms with Crippen LogP contribution in [0.5, 0.6) is 0 Å². The largest absolute Gasteiger partial charge is 0.455 e. The molecule has 0 radical (unpaired) electrons. The van der Waals surface area contributed by atoms with Crippen molar-refractivity contribution < 1.29 is 14.3 Å². The quantitative estimate of drug-likeness (QED) is 0.858. The number of amides is 1. The Labute approximate surface area is 128 Å². The number of rotatable bonds is 5. The molecule has 0 aliphatic rings. The van der Waals surface area contributed by atoms with Crippen LogP contribution in [0.2, 0.25) is 0 Å². The van der Waals surface area contributed by atoms with Crippen LogP contribution in [0.3, 0.4) is 0 Å². The molecular weight excluding hydrogens is 280 g/mol. The predicted molar refractivity (Wildman–Crippen MR) is 80.9 cm³/mol. The summed E-state index contributed by atoms with van der Waals surface area (Å²) in [4.78, 5) is 23.3. The number of carbonyl (C=O) groups excluding carboxylic acids is 2. The maximum atomic E-state index is 11.7. The first kappa shape index (κ1) is 15.3. The van der Waals surface area contributed by atoms with Crippen molar-refractivity contribution in [3.05, 3.63) is 65.7 Å². The Morgan fingerprint density at radius 1 is 1.09 bits per heavy atom. The lowest BCUT2D eigenvalue weighted by Crippen LogP contribution is -2.21. The van der Waals surface area contributed by atoms with E-state index in [-0.39, 0.29) is 13.0 Å². The number of hydrogen-bond donors (Lipinski definition) is 1. The molecule has 0 fully saturated rings. The van der Waals surface area contributed by atoms with Gasteiger partial charge in [0.05, 0.1) is 18.1 Å². The zero-order valence-corrected chi connectivity index (χ0v) is 11.8. The van der Waals surface area contributed by atoms with Crippen LogP contribution in [0.15, 0.2) is 54.6 Å². The minimum absolute atomic E-state index is 0.123. The average Bonchev–Trinajstić information content (AvgIpc) is 2.54. The Morgan fingerprint density at radius 3 is 2.59 bits per heavy atom. The lowest BCUT2D eigenvalue weighted by atomic mass is 10.2. The molecule has 0 aliphatic carbocycles. The molecule has 0 saturated heterocycles. The molecule has 110 valence electrons. The van der Waals surface area contributed by atoms with Gasteiger partial charge in [0, 0.05) is 5.69 Å². The topological polar surface area (TPSA) is 79.2 Å². The van der Waals surface area contributed by atoms with Crippen LogP contribution in [0, 0.1) is 11.3 Å². The summed E-state index contributed by atoms with van der Waals surface area (Å²) < 4.78 is 4.92. The number of carbonyl (C=O) groups is 2. The summed E-state index contributed by atoms with van der Waals surface area (Å²) in [5, 5.41) is 11.3. The van der Waals surface area contributed by atoms with Crippen molar-refractivity contribution in [2.45, 2.75) is 6.42 Å². The maximum Gasteiger partial charge on any atom is 0.310 e. The van der Waals surface area contributed by atoms with Gasteiger partial charge in [-0.05, 0) is 23.8 Å². The van der Waals surface area contributed by atoms with Crippen LogP contribution >= 0.6 is 0 Å². The van der Waals surface area contributed by atoms with Crippen LogP contribution < -0.4 is 5.32 Å². The van der Waals surface area contributed by atoms with E-state index in [2.05, 4.69) is 5.32 Å². The molecular formula is C17H14N2O3. The van der Waals surface area contributed by atoms with E-state index in [1.54, 1.807) is 24.3 Å². The van der Waals surface area contributed by atoms with Crippen LogP contribution in [0.25, 0.3) is 0 Å². The average molecular weight is 294 g/mol. The fraction of sp³-hybridized carbons (Fsp3) is 0.118. The van der Waals surface area contributed by atoms with Crippen molar-refractivity contribution in [1.82, 2.24) is 0 Å². The van der Waals surface area contributed by atoms with Gasteiger partial charge in [0.1, 0.15) is 0 Å². The minimum Gasteiger partial charge on any atom is -0.455 e. The number of benzene rings is 2. The third-order valence-corrected chi connectivity index (χ3v) is 2.83. The second-order valence-corrected chi connectivity index (χ2v) is 4.56. The van der Waals surface area contributed by atoms with Gasteiger partial charge in [-0.2, -0.15) is 5.26 Å². The van der Waals surface area contributed by atoms with E-state index in [0.717, 1.165) is 5.56 Å². The molecule has 0 unspecified atom stereocenters. The molecule has 5 nitrogen and oxygen atoms in total. The molecule has 0 atom stereocenters. The van der Waals surface area contributed by atoms with Crippen molar-refractivity contribution in [2.75, 3.05) is 11.9 Å². The van der Waals surface area contributed by atoms with Gasteiger partial charge in [0.2, 0.25) is 0 Å². The van der Waals surface area contributed by atoms with E-state index in [0.29, 0.717) is 11.3 Å². The Morgan fingerprint density at radius 2 is 1.86 bits per heavy atom. The van der Waals surface area contributed by atoms with E-state index < -0.39 is 11.9 Å². The van der Waals surface area contributed by atoms with E-state index in [1.165, 1.54) is 0 Å². The number of nitriles is 1. The monoisotopic (exact) mass is 294 g/mol. The van der Waals surface area contributed by atoms with Crippen LogP contribution in [-0.2, 0) is 20.7 Å². The molecule has 0 spiro atoms. The third kappa shape index (κ3) is 4.76. The van der Waals surface area contributed by atoms with Crippen LogP contribution in [-0.4, -0.2) is 18.5 Å². The maximum absolute atomic E-state index is 11.7. The van der Waals surface area contributed by atoms with E-state index in [4.69, 9.17) is 10.00 Å². The summed E-state index contributed by atoms with van der Waals surface area (Å²) in [5.41, 5.74) is 1.76. The van der Waals surface area contributed by atoms with Crippen LogP contribution in [0.1, 0.15) is 11.1 Å². The van der Waals surface area contributed by atoms with Gasteiger partial charge < -0.3 is 10.1 Å². The van der Waals surface area contributed by atoms with Gasteiger partial charge in [-0.3, -0.25) is 9.59 Å². The molecule has 2 aromatic rings. The van der Waals surface area contributed by atoms with Crippen molar-refractivity contribution in [3.8, 4) is 6.07 Å².